The van der Waals surface area contributed by atoms with Crippen LogP contribution in [0.4, 0.5) is 20.2 Å². The maximum Gasteiger partial charge on any atom is 0.265 e. The first-order chi connectivity index (χ1) is 12.9. The smallest absolute Gasteiger partial charge is 0.265 e. The molecule has 3 rings (SSSR count). The topological polar surface area (TPSA) is 87.9 Å². The van der Waals surface area contributed by atoms with Gasteiger partial charge in [0.2, 0.25) is 5.91 Å². The zero-order chi connectivity index (χ0) is 19.6. The lowest BCUT2D eigenvalue weighted by molar-refractivity contribution is -0.125. The molecular weight excluding hydrogens is 358 g/mol. The van der Waals surface area contributed by atoms with Crippen molar-refractivity contribution < 1.29 is 23.1 Å². The summed E-state index contributed by atoms with van der Waals surface area (Å²) in [5.74, 6) is -0.698. The number of hydrogen-bond acceptors (Lipinski definition) is 5. The Morgan fingerprint density at radius 1 is 1.44 bits per heavy atom. The first kappa shape index (κ1) is 19.7. The average molecular weight is 382 g/mol. The van der Waals surface area contributed by atoms with Crippen molar-refractivity contribution in [1.82, 2.24) is 4.90 Å². The highest BCUT2D eigenvalue weighted by Crippen LogP contribution is 2.32. The normalized spacial score (nSPS) is 18.9. The third-order valence-corrected chi connectivity index (χ3v) is 4.97. The van der Waals surface area contributed by atoms with E-state index in [0.29, 0.717) is 24.9 Å². The van der Waals surface area contributed by atoms with Gasteiger partial charge in [0.25, 0.3) is 12.3 Å². The number of morpholine rings is 1. The summed E-state index contributed by atoms with van der Waals surface area (Å²) >= 11 is 0. The monoisotopic (exact) mass is 382 g/mol. The Morgan fingerprint density at radius 3 is 2.78 bits per heavy atom. The number of anilines is 2. The van der Waals surface area contributed by atoms with E-state index in [-0.39, 0.29) is 30.3 Å². The predicted molar refractivity (Wildman–Crippen MR) is 96.8 cm³/mol. The van der Waals surface area contributed by atoms with Gasteiger partial charge in [0.05, 0.1) is 6.61 Å². The molecule has 2 fully saturated rings. The summed E-state index contributed by atoms with van der Waals surface area (Å²) in [5, 5.41) is 2.58. The molecule has 0 unspecified atom stereocenters. The molecule has 1 saturated carbocycles. The van der Waals surface area contributed by atoms with Gasteiger partial charge in [0.15, 0.2) is 0 Å². The molecule has 9 heteroatoms. The maximum absolute atomic E-state index is 13.6. The van der Waals surface area contributed by atoms with Crippen LogP contribution >= 0.6 is 0 Å². The highest BCUT2D eigenvalue weighted by Gasteiger charge is 2.34. The number of alkyl halides is 2. The van der Waals surface area contributed by atoms with E-state index in [0.717, 1.165) is 12.8 Å². The van der Waals surface area contributed by atoms with Crippen molar-refractivity contribution in [3.8, 4) is 0 Å². The number of halogens is 2. The van der Waals surface area contributed by atoms with Gasteiger partial charge in [-0.25, -0.2) is 8.78 Å². The Bertz CT molecular complexity index is 712. The second kappa shape index (κ2) is 8.28. The molecule has 1 aliphatic heterocycles. The third-order valence-electron chi connectivity index (χ3n) is 4.97. The minimum atomic E-state index is -2.80. The van der Waals surface area contributed by atoms with Crippen LogP contribution in [0.15, 0.2) is 18.2 Å². The van der Waals surface area contributed by atoms with E-state index in [9.17, 15) is 18.4 Å². The Labute approximate surface area is 156 Å². The summed E-state index contributed by atoms with van der Waals surface area (Å²) in [6.45, 7) is 0.673. The van der Waals surface area contributed by atoms with Crippen molar-refractivity contribution in [3.05, 3.63) is 23.8 Å². The fourth-order valence-electron chi connectivity index (χ4n) is 3.21. The van der Waals surface area contributed by atoms with Gasteiger partial charge in [-0.3, -0.25) is 14.5 Å². The van der Waals surface area contributed by atoms with Crippen molar-refractivity contribution in [2.24, 2.45) is 5.73 Å². The summed E-state index contributed by atoms with van der Waals surface area (Å²) in [4.78, 5) is 27.8. The fraction of sp³-hybridized carbons (Fsp3) is 0.556. The summed E-state index contributed by atoms with van der Waals surface area (Å²) < 4.78 is 32.2. The fourth-order valence-corrected chi connectivity index (χ4v) is 3.21. The van der Waals surface area contributed by atoms with Crippen LogP contribution in [-0.2, 0) is 14.3 Å². The molecule has 1 aromatic rings. The molecule has 2 aliphatic rings. The van der Waals surface area contributed by atoms with Gasteiger partial charge in [-0.2, -0.15) is 0 Å². The quantitative estimate of drug-likeness (QED) is 0.743. The van der Waals surface area contributed by atoms with Gasteiger partial charge in [0.1, 0.15) is 12.6 Å². The summed E-state index contributed by atoms with van der Waals surface area (Å²) in [5.41, 5.74) is 5.79. The third kappa shape index (κ3) is 4.42. The molecule has 1 aliphatic carbocycles. The molecule has 1 heterocycles. The van der Waals surface area contributed by atoms with Gasteiger partial charge in [-0.1, -0.05) is 0 Å². The predicted octanol–water partition coefficient (Wildman–Crippen LogP) is 1.35. The number of likely N-dealkylation sites (N-methyl/N-ethyl adjacent to an activating group) is 1. The number of rotatable bonds is 7. The van der Waals surface area contributed by atoms with Crippen molar-refractivity contribution in [2.75, 3.05) is 43.6 Å². The van der Waals surface area contributed by atoms with Crippen molar-refractivity contribution in [1.29, 1.82) is 0 Å². The maximum atomic E-state index is 13.6. The molecular formula is C18H24F2N4O3. The van der Waals surface area contributed by atoms with Crippen molar-refractivity contribution >= 4 is 23.2 Å². The largest absolute Gasteiger partial charge is 0.370 e. The number of nitrogens with zero attached hydrogens (tertiary/aromatic N) is 2. The Morgan fingerprint density at radius 2 is 2.19 bits per heavy atom. The number of carbonyl (C=O) groups is 2. The lowest BCUT2D eigenvalue weighted by atomic mass is 10.1. The lowest BCUT2D eigenvalue weighted by Crippen LogP contribution is -2.47. The van der Waals surface area contributed by atoms with E-state index in [1.165, 1.54) is 17.0 Å². The molecule has 0 bridgehead atoms. The second-order valence-electron chi connectivity index (χ2n) is 6.81. The molecule has 1 atom stereocenters. The Kier molecular flexibility index (Phi) is 6.03. The standard InChI is InChI=1S/C18H24F2N4O3/c1-23(11-2-3-11)15(9-21)18(26)22-14-5-4-12(8-13(14)17(19)20)24-6-7-27-10-16(24)25/h4-5,8,11,15,17H,2-3,6-7,9-10,21H2,1H3,(H,22,26)/t15-/m0/s1. The van der Waals surface area contributed by atoms with Crippen molar-refractivity contribution in [3.63, 3.8) is 0 Å². The van der Waals surface area contributed by atoms with Crippen LogP contribution in [0.25, 0.3) is 0 Å². The molecule has 1 aromatic carbocycles. The van der Waals surface area contributed by atoms with E-state index >= 15 is 0 Å². The van der Waals surface area contributed by atoms with E-state index in [4.69, 9.17) is 10.5 Å². The number of amides is 2. The average Bonchev–Trinajstić information content (AvgIpc) is 3.48. The molecule has 3 N–H and O–H groups in total. The lowest BCUT2D eigenvalue weighted by Gasteiger charge is -2.28. The van der Waals surface area contributed by atoms with E-state index in [1.807, 2.05) is 11.9 Å². The molecule has 2 amide bonds. The van der Waals surface area contributed by atoms with Crippen LogP contribution in [0, 0.1) is 0 Å². The van der Waals surface area contributed by atoms with Crippen LogP contribution < -0.4 is 16.0 Å². The van der Waals surface area contributed by atoms with Crippen LogP contribution in [0.3, 0.4) is 0 Å². The summed E-state index contributed by atoms with van der Waals surface area (Å²) in [7, 11) is 1.82. The van der Waals surface area contributed by atoms with Gasteiger partial charge < -0.3 is 20.7 Å². The van der Waals surface area contributed by atoms with Gasteiger partial charge >= 0.3 is 0 Å². The second-order valence-corrected chi connectivity index (χ2v) is 6.81. The molecule has 7 nitrogen and oxygen atoms in total. The minimum Gasteiger partial charge on any atom is -0.370 e. The van der Waals surface area contributed by atoms with Crippen LogP contribution in [-0.4, -0.2) is 62.1 Å². The zero-order valence-electron chi connectivity index (χ0n) is 15.2. The molecule has 27 heavy (non-hydrogen) atoms. The van der Waals surface area contributed by atoms with Gasteiger partial charge in [0, 0.05) is 36.1 Å². The number of benzene rings is 1. The molecule has 148 valence electrons. The van der Waals surface area contributed by atoms with E-state index in [1.54, 1.807) is 6.07 Å². The summed E-state index contributed by atoms with van der Waals surface area (Å²) in [6, 6.07) is 3.93. The Balaban J connectivity index is 1.80. The number of hydrogen-bond donors (Lipinski definition) is 2. The minimum absolute atomic E-state index is 0.0297. The van der Waals surface area contributed by atoms with Gasteiger partial charge in [-0.15, -0.1) is 0 Å². The van der Waals surface area contributed by atoms with Gasteiger partial charge in [-0.05, 0) is 38.1 Å². The Hall–Kier alpha value is -2.10. The van der Waals surface area contributed by atoms with E-state index in [2.05, 4.69) is 5.32 Å². The van der Waals surface area contributed by atoms with Crippen LogP contribution in [0.5, 0.6) is 0 Å². The SMILES string of the molecule is CN(C1CC1)[C@@H](CN)C(=O)Nc1ccc(N2CCOCC2=O)cc1C(F)F. The van der Waals surface area contributed by atoms with Crippen LogP contribution in [0.1, 0.15) is 24.8 Å². The summed E-state index contributed by atoms with van der Waals surface area (Å²) in [6.07, 6.45) is -0.788. The molecule has 0 spiro atoms. The number of carbonyl (C=O) groups excluding carboxylic acids is 2. The number of ether oxygens (including phenoxy) is 1. The zero-order valence-corrected chi connectivity index (χ0v) is 15.2. The first-order valence-corrected chi connectivity index (χ1v) is 8.95. The van der Waals surface area contributed by atoms with Crippen molar-refractivity contribution in [2.45, 2.75) is 31.4 Å². The first-order valence-electron chi connectivity index (χ1n) is 8.95. The number of nitrogens with one attached hydrogen (secondary N) is 1. The highest BCUT2D eigenvalue weighted by atomic mass is 19.3. The molecule has 0 radical (unpaired) electrons. The highest BCUT2D eigenvalue weighted by molar-refractivity contribution is 5.97. The number of nitrogens with two attached hydrogens (primary N) is 1. The van der Waals surface area contributed by atoms with E-state index < -0.39 is 18.4 Å². The van der Waals surface area contributed by atoms with Crippen LogP contribution in [0.2, 0.25) is 0 Å². The molecule has 1 saturated heterocycles. The molecule has 0 aromatic heterocycles.